The van der Waals surface area contributed by atoms with E-state index in [9.17, 15) is 4.79 Å². The van der Waals surface area contributed by atoms with Crippen LogP contribution in [0.2, 0.25) is 0 Å². The fourth-order valence-corrected chi connectivity index (χ4v) is 1.62. The zero-order chi connectivity index (χ0) is 13.1. The van der Waals surface area contributed by atoms with Crippen LogP contribution in [0.15, 0.2) is 24.4 Å². The minimum atomic E-state index is -0.400. The van der Waals surface area contributed by atoms with Gasteiger partial charge in [0.2, 0.25) is 0 Å². The minimum absolute atomic E-state index is 0.400. The third kappa shape index (κ3) is 2.17. The van der Waals surface area contributed by atoms with Gasteiger partial charge in [-0.05, 0) is 18.2 Å². The second kappa shape index (κ2) is 4.87. The van der Waals surface area contributed by atoms with Gasteiger partial charge in [0.25, 0.3) is 0 Å². The Balaban J connectivity index is 2.52. The molecule has 0 N–H and O–H groups in total. The number of rotatable bonds is 3. The van der Waals surface area contributed by atoms with Gasteiger partial charge < -0.3 is 9.47 Å². The molecule has 18 heavy (non-hydrogen) atoms. The summed E-state index contributed by atoms with van der Waals surface area (Å²) in [5, 5.41) is 8.19. The maximum Gasteiger partial charge on any atom is 0.337 e. The van der Waals surface area contributed by atoms with Crippen molar-refractivity contribution in [3.05, 3.63) is 30.0 Å². The van der Waals surface area contributed by atoms with Crippen LogP contribution in [-0.4, -0.2) is 35.2 Å². The fourth-order valence-electron chi connectivity index (χ4n) is 1.62. The molecular weight excluding hydrogens is 234 g/mol. The van der Waals surface area contributed by atoms with Crippen LogP contribution < -0.4 is 4.74 Å². The summed E-state index contributed by atoms with van der Waals surface area (Å²) in [6, 6.07) is 5.02. The van der Waals surface area contributed by atoms with Crippen molar-refractivity contribution in [2.24, 2.45) is 7.05 Å². The third-order valence-electron chi connectivity index (χ3n) is 2.50. The summed E-state index contributed by atoms with van der Waals surface area (Å²) >= 11 is 0. The first-order chi connectivity index (χ1) is 8.65. The highest BCUT2D eigenvalue weighted by atomic mass is 16.5. The van der Waals surface area contributed by atoms with E-state index >= 15 is 0 Å². The van der Waals surface area contributed by atoms with Gasteiger partial charge in [0.05, 0.1) is 26.0 Å². The molecule has 2 rings (SSSR count). The maximum atomic E-state index is 11.5. The topological polar surface area (TPSA) is 66.2 Å². The van der Waals surface area contributed by atoms with E-state index in [2.05, 4.69) is 14.9 Å². The van der Waals surface area contributed by atoms with Crippen molar-refractivity contribution in [1.29, 1.82) is 0 Å². The Hall–Kier alpha value is -2.37. The van der Waals surface area contributed by atoms with Crippen LogP contribution in [-0.2, 0) is 11.8 Å². The van der Waals surface area contributed by atoms with E-state index in [1.807, 2.05) is 0 Å². The molecule has 0 atom stereocenters. The predicted octanol–water partition coefficient (Wildman–Crippen LogP) is 1.28. The second-order valence-corrected chi connectivity index (χ2v) is 3.63. The second-order valence-electron chi connectivity index (χ2n) is 3.63. The fraction of sp³-hybridized carbons (Fsp3) is 0.250. The first-order valence-corrected chi connectivity index (χ1v) is 5.28. The van der Waals surface area contributed by atoms with Crippen LogP contribution in [0, 0.1) is 0 Å². The first kappa shape index (κ1) is 12.1. The van der Waals surface area contributed by atoms with Crippen molar-refractivity contribution in [2.75, 3.05) is 14.2 Å². The molecule has 2 aromatic rings. The molecule has 0 radical (unpaired) electrons. The molecule has 1 heterocycles. The summed E-state index contributed by atoms with van der Waals surface area (Å²) in [4.78, 5) is 12.9. The lowest BCUT2D eigenvalue weighted by molar-refractivity contribution is 0.0601. The van der Waals surface area contributed by atoms with E-state index in [0.29, 0.717) is 22.6 Å². The van der Waals surface area contributed by atoms with Crippen LogP contribution in [0.3, 0.4) is 0 Å². The lowest BCUT2D eigenvalue weighted by Crippen LogP contribution is -2.02. The Kier molecular flexibility index (Phi) is 3.27. The molecule has 1 aromatic heterocycles. The van der Waals surface area contributed by atoms with Crippen LogP contribution in [0.5, 0.6) is 5.75 Å². The van der Waals surface area contributed by atoms with Crippen molar-refractivity contribution in [2.45, 2.75) is 0 Å². The number of aromatic nitrogens is 3. The number of benzene rings is 1. The number of carbonyl (C=O) groups excluding carboxylic acids is 1. The largest absolute Gasteiger partial charge is 0.496 e. The molecule has 0 unspecified atom stereocenters. The molecule has 0 spiro atoms. The van der Waals surface area contributed by atoms with Crippen LogP contribution in [0.4, 0.5) is 0 Å². The number of hydrogen-bond acceptors (Lipinski definition) is 5. The highest BCUT2D eigenvalue weighted by Crippen LogP contribution is 2.29. The van der Waals surface area contributed by atoms with Gasteiger partial charge in [-0.25, -0.2) is 4.79 Å². The normalized spacial score (nSPS) is 10.2. The van der Waals surface area contributed by atoms with E-state index in [-0.39, 0.29) is 0 Å². The van der Waals surface area contributed by atoms with Gasteiger partial charge >= 0.3 is 5.97 Å². The lowest BCUT2D eigenvalue weighted by Gasteiger charge is -2.07. The van der Waals surface area contributed by atoms with Crippen LogP contribution in [0.25, 0.3) is 11.3 Å². The van der Waals surface area contributed by atoms with Crippen molar-refractivity contribution < 1.29 is 14.3 Å². The predicted molar refractivity (Wildman–Crippen MR) is 64.3 cm³/mol. The summed E-state index contributed by atoms with van der Waals surface area (Å²) in [6.45, 7) is 0. The number of carbonyl (C=O) groups is 1. The summed E-state index contributed by atoms with van der Waals surface area (Å²) in [6.07, 6.45) is 1.61. The van der Waals surface area contributed by atoms with Gasteiger partial charge in [0.1, 0.15) is 11.4 Å². The van der Waals surface area contributed by atoms with Crippen LogP contribution in [0.1, 0.15) is 10.4 Å². The highest BCUT2D eigenvalue weighted by Gasteiger charge is 2.13. The Morgan fingerprint density at radius 2 is 2.11 bits per heavy atom. The SMILES string of the molecule is COC(=O)c1ccc(OC)c(-c2cnn(C)n2)c1. The minimum Gasteiger partial charge on any atom is -0.496 e. The van der Waals surface area contributed by atoms with Crippen molar-refractivity contribution >= 4 is 5.97 Å². The molecule has 0 bridgehead atoms. The molecule has 0 aliphatic rings. The Morgan fingerprint density at radius 3 is 2.67 bits per heavy atom. The number of ether oxygens (including phenoxy) is 2. The molecule has 6 nitrogen and oxygen atoms in total. The molecule has 0 fully saturated rings. The lowest BCUT2D eigenvalue weighted by atomic mass is 10.1. The zero-order valence-electron chi connectivity index (χ0n) is 10.4. The molecule has 0 aliphatic heterocycles. The van der Waals surface area contributed by atoms with Gasteiger partial charge in [-0.3, -0.25) is 0 Å². The Morgan fingerprint density at radius 1 is 1.33 bits per heavy atom. The summed E-state index contributed by atoms with van der Waals surface area (Å²) in [7, 11) is 4.63. The van der Waals surface area contributed by atoms with Gasteiger partial charge in [-0.1, -0.05) is 0 Å². The standard InChI is InChI=1S/C12H13N3O3/c1-15-13-7-10(14-15)9-6-8(12(16)18-3)4-5-11(9)17-2/h4-7H,1-3H3. The van der Waals surface area contributed by atoms with E-state index in [1.54, 1.807) is 38.6 Å². The molecule has 0 aliphatic carbocycles. The molecule has 0 saturated carbocycles. The molecular formula is C12H13N3O3. The highest BCUT2D eigenvalue weighted by molar-refractivity contribution is 5.91. The van der Waals surface area contributed by atoms with Crippen molar-refractivity contribution in [3.8, 4) is 17.0 Å². The van der Waals surface area contributed by atoms with E-state index in [0.717, 1.165) is 0 Å². The van der Waals surface area contributed by atoms with Crippen molar-refractivity contribution in [3.63, 3.8) is 0 Å². The third-order valence-corrected chi connectivity index (χ3v) is 2.50. The van der Waals surface area contributed by atoms with Gasteiger partial charge in [0, 0.05) is 12.6 Å². The molecule has 1 aromatic carbocycles. The molecule has 6 heteroatoms. The number of aryl methyl sites for hydroxylation is 1. The van der Waals surface area contributed by atoms with Gasteiger partial charge in [0.15, 0.2) is 0 Å². The molecule has 94 valence electrons. The zero-order valence-corrected chi connectivity index (χ0v) is 10.4. The summed E-state index contributed by atoms with van der Waals surface area (Å²) in [5.74, 6) is 0.228. The molecule has 0 amide bonds. The summed E-state index contributed by atoms with van der Waals surface area (Å²) in [5.41, 5.74) is 1.78. The Labute approximate surface area is 104 Å². The van der Waals surface area contributed by atoms with Crippen molar-refractivity contribution in [1.82, 2.24) is 15.0 Å². The average molecular weight is 247 g/mol. The number of nitrogens with zero attached hydrogens (tertiary/aromatic N) is 3. The average Bonchev–Trinajstić information content (AvgIpc) is 2.83. The molecule has 0 saturated heterocycles. The quantitative estimate of drug-likeness (QED) is 0.764. The Bertz CT molecular complexity index is 578. The van der Waals surface area contributed by atoms with Gasteiger partial charge in [-0.2, -0.15) is 15.0 Å². The van der Waals surface area contributed by atoms with Gasteiger partial charge in [-0.15, -0.1) is 0 Å². The summed E-state index contributed by atoms with van der Waals surface area (Å²) < 4.78 is 9.93. The van der Waals surface area contributed by atoms with E-state index in [1.165, 1.54) is 11.9 Å². The number of methoxy groups -OCH3 is 2. The van der Waals surface area contributed by atoms with E-state index < -0.39 is 5.97 Å². The smallest absolute Gasteiger partial charge is 0.337 e. The van der Waals surface area contributed by atoms with Crippen LogP contribution >= 0.6 is 0 Å². The number of hydrogen-bond donors (Lipinski definition) is 0. The maximum absolute atomic E-state index is 11.5. The number of esters is 1. The van der Waals surface area contributed by atoms with E-state index in [4.69, 9.17) is 4.74 Å². The first-order valence-electron chi connectivity index (χ1n) is 5.28. The monoisotopic (exact) mass is 247 g/mol.